The van der Waals surface area contributed by atoms with Crippen molar-refractivity contribution in [3.8, 4) is 11.4 Å². The van der Waals surface area contributed by atoms with Gasteiger partial charge in [0.15, 0.2) is 0 Å². The summed E-state index contributed by atoms with van der Waals surface area (Å²) in [6.07, 6.45) is 8.99. The summed E-state index contributed by atoms with van der Waals surface area (Å²) in [7, 11) is 0. The highest BCUT2D eigenvalue weighted by Gasteiger charge is 2.01. The molecule has 0 aliphatic carbocycles. The number of nitrogens with zero attached hydrogens (tertiary/aromatic N) is 1. The number of aromatic nitrogens is 1. The number of hydrogen-bond donors (Lipinski definition) is 1. The van der Waals surface area contributed by atoms with Crippen molar-refractivity contribution in [1.29, 1.82) is 0 Å². The number of benzene rings is 1. The maximum absolute atomic E-state index is 11.9. The first-order valence-electron chi connectivity index (χ1n) is 8.83. The summed E-state index contributed by atoms with van der Waals surface area (Å²) in [5.41, 5.74) is 7.37. The Balaban J connectivity index is 1.76. The summed E-state index contributed by atoms with van der Waals surface area (Å²) < 4.78 is 7.42. The molecule has 0 radical (unpaired) electrons. The molecule has 2 N–H and O–H groups in total. The third kappa shape index (κ3) is 5.85. The highest BCUT2D eigenvalue weighted by molar-refractivity contribution is 5.38. The van der Waals surface area contributed by atoms with E-state index in [0.29, 0.717) is 0 Å². The van der Waals surface area contributed by atoms with Gasteiger partial charge in [-0.15, -0.1) is 0 Å². The Bertz CT molecular complexity index is 662. The summed E-state index contributed by atoms with van der Waals surface area (Å²) >= 11 is 0. The second-order valence-corrected chi connectivity index (χ2v) is 6.17. The third-order valence-corrected chi connectivity index (χ3v) is 4.04. The van der Waals surface area contributed by atoms with Gasteiger partial charge in [0.05, 0.1) is 6.61 Å². The molecule has 0 unspecified atom stereocenters. The lowest BCUT2D eigenvalue weighted by Gasteiger charge is -2.09. The minimum atomic E-state index is -0.0242. The van der Waals surface area contributed by atoms with Crippen molar-refractivity contribution in [3.63, 3.8) is 0 Å². The largest absolute Gasteiger partial charge is 0.494 e. The van der Waals surface area contributed by atoms with Crippen LogP contribution in [0, 0.1) is 6.92 Å². The van der Waals surface area contributed by atoms with Crippen LogP contribution in [0.15, 0.2) is 47.4 Å². The van der Waals surface area contributed by atoms with Crippen LogP contribution in [0.2, 0.25) is 0 Å². The van der Waals surface area contributed by atoms with E-state index in [-0.39, 0.29) is 5.56 Å². The predicted octanol–water partition coefficient (Wildman–Crippen LogP) is 3.82. The Morgan fingerprint density at radius 3 is 2.29 bits per heavy atom. The molecule has 0 fully saturated rings. The van der Waals surface area contributed by atoms with Crippen LogP contribution in [0.3, 0.4) is 0 Å². The summed E-state index contributed by atoms with van der Waals surface area (Å²) in [5.74, 6) is 0.850. The maximum atomic E-state index is 11.9. The fourth-order valence-corrected chi connectivity index (χ4v) is 2.64. The zero-order valence-corrected chi connectivity index (χ0v) is 14.5. The average molecular weight is 328 g/mol. The molecule has 1 aromatic heterocycles. The van der Waals surface area contributed by atoms with E-state index >= 15 is 0 Å². The van der Waals surface area contributed by atoms with E-state index in [9.17, 15) is 4.79 Å². The van der Waals surface area contributed by atoms with Gasteiger partial charge in [0.1, 0.15) is 5.75 Å². The number of nitrogens with two attached hydrogens (primary N) is 1. The van der Waals surface area contributed by atoms with Crippen LogP contribution < -0.4 is 16.0 Å². The summed E-state index contributed by atoms with van der Waals surface area (Å²) in [6, 6.07) is 11.1. The van der Waals surface area contributed by atoms with E-state index in [1.54, 1.807) is 10.6 Å². The van der Waals surface area contributed by atoms with Crippen LogP contribution in [0.1, 0.15) is 44.1 Å². The summed E-state index contributed by atoms with van der Waals surface area (Å²) in [6.45, 7) is 3.51. The van der Waals surface area contributed by atoms with Gasteiger partial charge in [-0.3, -0.25) is 9.36 Å². The Morgan fingerprint density at radius 2 is 1.58 bits per heavy atom. The van der Waals surface area contributed by atoms with Crippen molar-refractivity contribution in [2.75, 3.05) is 13.2 Å². The van der Waals surface area contributed by atoms with Gasteiger partial charge in [0, 0.05) is 18.0 Å². The average Bonchev–Trinajstić information content (AvgIpc) is 2.60. The van der Waals surface area contributed by atoms with Crippen LogP contribution in [-0.4, -0.2) is 17.7 Å². The van der Waals surface area contributed by atoms with Crippen LogP contribution in [0.4, 0.5) is 0 Å². The molecule has 0 aliphatic heterocycles. The number of unbranched alkanes of at least 4 members (excludes halogenated alkanes) is 5. The van der Waals surface area contributed by atoms with E-state index in [0.717, 1.165) is 43.0 Å². The lowest BCUT2D eigenvalue weighted by Crippen LogP contribution is -2.16. The molecule has 0 bridgehead atoms. The van der Waals surface area contributed by atoms with Gasteiger partial charge in [-0.05, 0) is 56.1 Å². The first-order chi connectivity index (χ1) is 11.7. The van der Waals surface area contributed by atoms with Gasteiger partial charge in [-0.1, -0.05) is 31.7 Å². The fourth-order valence-electron chi connectivity index (χ4n) is 2.64. The summed E-state index contributed by atoms with van der Waals surface area (Å²) in [4.78, 5) is 11.9. The normalized spacial score (nSPS) is 10.8. The van der Waals surface area contributed by atoms with Crippen molar-refractivity contribution >= 4 is 0 Å². The first kappa shape index (κ1) is 18.3. The maximum Gasteiger partial charge on any atom is 0.255 e. The molecule has 0 saturated heterocycles. The minimum Gasteiger partial charge on any atom is -0.494 e. The van der Waals surface area contributed by atoms with Gasteiger partial charge >= 0.3 is 0 Å². The minimum absolute atomic E-state index is 0.0242. The fraction of sp³-hybridized carbons (Fsp3) is 0.450. The molecule has 2 rings (SSSR count). The van der Waals surface area contributed by atoms with Crippen molar-refractivity contribution < 1.29 is 4.74 Å². The van der Waals surface area contributed by atoms with E-state index in [1.165, 1.54) is 25.7 Å². The zero-order valence-electron chi connectivity index (χ0n) is 14.5. The predicted molar refractivity (Wildman–Crippen MR) is 99.0 cm³/mol. The third-order valence-electron chi connectivity index (χ3n) is 4.04. The number of pyridine rings is 1. The molecule has 130 valence electrons. The SMILES string of the molecule is Cc1ccc(=O)n(-c2ccc(OCCCCCCCCN)cc2)c1. The number of ether oxygens (including phenoxy) is 1. The van der Waals surface area contributed by atoms with Crippen molar-refractivity contribution in [1.82, 2.24) is 4.57 Å². The van der Waals surface area contributed by atoms with Crippen LogP contribution in [0.5, 0.6) is 5.75 Å². The molecular weight excluding hydrogens is 300 g/mol. The van der Waals surface area contributed by atoms with Crippen LogP contribution in [-0.2, 0) is 0 Å². The van der Waals surface area contributed by atoms with Gasteiger partial charge in [0.25, 0.3) is 5.56 Å². The number of rotatable bonds is 10. The molecule has 4 heteroatoms. The molecule has 0 atom stereocenters. The lowest BCUT2D eigenvalue weighted by atomic mass is 10.1. The van der Waals surface area contributed by atoms with Crippen LogP contribution >= 0.6 is 0 Å². The Hall–Kier alpha value is -2.07. The second kappa shape index (κ2) is 9.93. The first-order valence-corrected chi connectivity index (χ1v) is 8.83. The topological polar surface area (TPSA) is 57.2 Å². The Labute approximate surface area is 144 Å². The van der Waals surface area contributed by atoms with Crippen molar-refractivity contribution in [2.24, 2.45) is 5.73 Å². The molecule has 0 saturated carbocycles. The standard InChI is InChI=1S/C20H28N2O2/c1-17-8-13-20(23)22(16-17)18-9-11-19(12-10-18)24-15-7-5-3-2-4-6-14-21/h8-13,16H,2-7,14-15,21H2,1H3. The Kier molecular flexibility index (Phi) is 7.56. The molecule has 4 nitrogen and oxygen atoms in total. The molecule has 24 heavy (non-hydrogen) atoms. The van der Waals surface area contributed by atoms with Gasteiger partial charge in [-0.2, -0.15) is 0 Å². The highest BCUT2D eigenvalue weighted by atomic mass is 16.5. The van der Waals surface area contributed by atoms with E-state index in [2.05, 4.69) is 0 Å². The zero-order chi connectivity index (χ0) is 17.2. The van der Waals surface area contributed by atoms with Crippen LogP contribution in [0.25, 0.3) is 5.69 Å². The molecule has 1 heterocycles. The molecular formula is C20H28N2O2. The molecule has 0 spiro atoms. The van der Waals surface area contributed by atoms with Crippen molar-refractivity contribution in [2.45, 2.75) is 45.4 Å². The van der Waals surface area contributed by atoms with E-state index in [4.69, 9.17) is 10.5 Å². The van der Waals surface area contributed by atoms with E-state index in [1.807, 2.05) is 43.5 Å². The van der Waals surface area contributed by atoms with Crippen molar-refractivity contribution in [3.05, 3.63) is 58.5 Å². The lowest BCUT2D eigenvalue weighted by molar-refractivity contribution is 0.304. The quantitative estimate of drug-likeness (QED) is 0.675. The molecule has 1 aromatic carbocycles. The highest BCUT2D eigenvalue weighted by Crippen LogP contribution is 2.15. The van der Waals surface area contributed by atoms with Gasteiger partial charge < -0.3 is 10.5 Å². The molecule has 2 aromatic rings. The smallest absolute Gasteiger partial charge is 0.255 e. The molecule has 0 aliphatic rings. The summed E-state index contributed by atoms with van der Waals surface area (Å²) in [5, 5.41) is 0. The van der Waals surface area contributed by atoms with Gasteiger partial charge in [-0.25, -0.2) is 0 Å². The monoisotopic (exact) mass is 328 g/mol. The Morgan fingerprint density at radius 1 is 0.917 bits per heavy atom. The molecule has 0 amide bonds. The number of hydrogen-bond acceptors (Lipinski definition) is 3. The van der Waals surface area contributed by atoms with Gasteiger partial charge in [0.2, 0.25) is 0 Å². The second-order valence-electron chi connectivity index (χ2n) is 6.17. The van der Waals surface area contributed by atoms with E-state index < -0.39 is 0 Å². The number of aryl methyl sites for hydroxylation is 1.